The number of anilines is 2. The average Bonchev–Trinajstić information content (AvgIpc) is 2.61. The van der Waals surface area contributed by atoms with Gasteiger partial charge >= 0.3 is 0 Å². The monoisotopic (exact) mass is 354 g/mol. The van der Waals surface area contributed by atoms with Gasteiger partial charge in [0.25, 0.3) is 0 Å². The molecule has 0 atom stereocenters. The van der Waals surface area contributed by atoms with Crippen LogP contribution in [0, 0.1) is 5.41 Å². The molecule has 0 aliphatic carbocycles. The number of nitrogens with one attached hydrogen (secondary N) is 1. The van der Waals surface area contributed by atoms with Crippen LogP contribution in [0.3, 0.4) is 0 Å². The molecule has 0 amide bonds. The molecular weight excluding hydrogens is 340 g/mol. The van der Waals surface area contributed by atoms with Crippen LogP contribution in [-0.2, 0) is 6.61 Å². The van der Waals surface area contributed by atoms with Gasteiger partial charge in [-0.15, -0.1) is 0 Å². The lowest BCUT2D eigenvalue weighted by Crippen LogP contribution is -2.12. The normalized spacial score (nSPS) is 10.4. The van der Waals surface area contributed by atoms with Gasteiger partial charge in [-0.1, -0.05) is 17.7 Å². The molecule has 0 aliphatic heterocycles. The molecule has 2 aromatic heterocycles. The van der Waals surface area contributed by atoms with E-state index in [1.807, 2.05) is 18.2 Å². The molecule has 0 saturated carbocycles. The highest BCUT2D eigenvalue weighted by Gasteiger charge is 2.15. The molecule has 0 saturated heterocycles. The maximum absolute atomic E-state index is 8.31. The Balaban J connectivity index is 1.81. The molecule has 0 bridgehead atoms. The van der Waals surface area contributed by atoms with Gasteiger partial charge in [0.15, 0.2) is 0 Å². The lowest BCUT2D eigenvalue weighted by Gasteiger charge is -2.12. The third-order valence-electron chi connectivity index (χ3n) is 3.48. The van der Waals surface area contributed by atoms with Gasteiger partial charge in [0.2, 0.25) is 0 Å². The van der Waals surface area contributed by atoms with Crippen LogP contribution in [0.4, 0.5) is 11.6 Å². The first-order chi connectivity index (χ1) is 12.1. The molecular formula is C17H15ClN6O. The Labute approximate surface area is 149 Å². The highest BCUT2D eigenvalue weighted by Crippen LogP contribution is 2.28. The van der Waals surface area contributed by atoms with Crippen LogP contribution < -0.4 is 16.2 Å². The molecule has 126 valence electrons. The minimum absolute atomic E-state index is 0.0915. The first-order valence-electron chi connectivity index (χ1n) is 7.33. The maximum Gasteiger partial charge on any atom is 0.138 e. The van der Waals surface area contributed by atoms with Gasteiger partial charge in [0, 0.05) is 11.8 Å². The van der Waals surface area contributed by atoms with Crippen LogP contribution in [0.1, 0.15) is 16.8 Å². The molecule has 0 radical (unpaired) electrons. The Kier molecular flexibility index (Phi) is 4.76. The average molecular weight is 355 g/mol. The first kappa shape index (κ1) is 16.7. The van der Waals surface area contributed by atoms with E-state index in [2.05, 4.69) is 15.0 Å². The van der Waals surface area contributed by atoms with E-state index in [4.69, 9.17) is 33.2 Å². The summed E-state index contributed by atoms with van der Waals surface area (Å²) in [6.07, 6.45) is 2.95. The lowest BCUT2D eigenvalue weighted by atomic mass is 10.0. The van der Waals surface area contributed by atoms with Crippen LogP contribution in [0.5, 0.6) is 5.75 Å². The van der Waals surface area contributed by atoms with Crippen molar-refractivity contribution in [3.63, 3.8) is 0 Å². The number of ether oxygens (including phenoxy) is 1. The topological polar surface area (TPSA) is 124 Å². The molecule has 5 N–H and O–H groups in total. The summed E-state index contributed by atoms with van der Waals surface area (Å²) in [5.74, 6) is 0.780. The van der Waals surface area contributed by atoms with Crippen molar-refractivity contribution in [1.82, 2.24) is 15.0 Å². The van der Waals surface area contributed by atoms with E-state index in [-0.39, 0.29) is 22.9 Å². The van der Waals surface area contributed by atoms with Crippen molar-refractivity contribution in [1.29, 1.82) is 5.41 Å². The number of nitrogen functional groups attached to an aromatic ring is 2. The molecule has 8 heteroatoms. The number of hydrogen-bond donors (Lipinski definition) is 3. The third-order valence-corrected chi connectivity index (χ3v) is 3.77. The van der Waals surface area contributed by atoms with E-state index in [0.717, 1.165) is 5.69 Å². The van der Waals surface area contributed by atoms with Gasteiger partial charge in [-0.3, -0.25) is 10.4 Å². The van der Waals surface area contributed by atoms with Crippen molar-refractivity contribution < 1.29 is 4.74 Å². The fourth-order valence-electron chi connectivity index (χ4n) is 2.22. The van der Waals surface area contributed by atoms with Crippen LogP contribution in [0.15, 0.2) is 48.9 Å². The first-order valence-corrected chi connectivity index (χ1v) is 7.71. The number of pyridine rings is 1. The van der Waals surface area contributed by atoms with Gasteiger partial charge in [-0.2, -0.15) is 0 Å². The zero-order valence-electron chi connectivity index (χ0n) is 13.1. The zero-order chi connectivity index (χ0) is 17.8. The summed E-state index contributed by atoms with van der Waals surface area (Å²) < 4.78 is 5.67. The molecule has 2 heterocycles. The van der Waals surface area contributed by atoms with Gasteiger partial charge in [0.1, 0.15) is 30.3 Å². The molecule has 0 unspecified atom stereocenters. The molecule has 1 aromatic carbocycles. The summed E-state index contributed by atoms with van der Waals surface area (Å²) in [5, 5.41) is 8.67. The minimum Gasteiger partial charge on any atom is -0.486 e. The summed E-state index contributed by atoms with van der Waals surface area (Å²) in [5.41, 5.74) is 13.3. The number of benzene rings is 1. The predicted octanol–water partition coefficient (Wildman–Crippen LogP) is 2.68. The molecule has 0 spiro atoms. The van der Waals surface area contributed by atoms with E-state index in [9.17, 15) is 0 Å². The lowest BCUT2D eigenvalue weighted by molar-refractivity contribution is 0.301. The number of nitrogens with zero attached hydrogens (tertiary/aromatic N) is 3. The molecule has 3 rings (SSSR count). The smallest absolute Gasteiger partial charge is 0.138 e. The second-order valence-corrected chi connectivity index (χ2v) is 5.56. The summed E-state index contributed by atoms with van der Waals surface area (Å²) >= 11 is 6.27. The molecule has 3 aromatic rings. The minimum atomic E-state index is 0.0915. The summed E-state index contributed by atoms with van der Waals surface area (Å²) in [6, 6.07) is 10.6. The summed E-state index contributed by atoms with van der Waals surface area (Å²) in [4.78, 5) is 11.9. The second kappa shape index (κ2) is 7.14. The number of rotatable bonds is 5. The Morgan fingerprint density at radius 2 is 1.84 bits per heavy atom. The van der Waals surface area contributed by atoms with Gasteiger partial charge in [-0.05, 0) is 30.3 Å². The van der Waals surface area contributed by atoms with Gasteiger partial charge in [-0.25, -0.2) is 9.97 Å². The number of aromatic nitrogens is 3. The summed E-state index contributed by atoms with van der Waals surface area (Å²) in [6.45, 7) is 0.295. The van der Waals surface area contributed by atoms with Crippen LogP contribution >= 0.6 is 11.6 Å². The van der Waals surface area contributed by atoms with Crippen molar-refractivity contribution in [2.75, 3.05) is 11.5 Å². The largest absolute Gasteiger partial charge is 0.486 e. The highest BCUT2D eigenvalue weighted by atomic mass is 35.5. The van der Waals surface area contributed by atoms with Crippen LogP contribution in [0.25, 0.3) is 0 Å². The van der Waals surface area contributed by atoms with E-state index < -0.39 is 0 Å². The molecule has 0 aliphatic rings. The van der Waals surface area contributed by atoms with Gasteiger partial charge in [0.05, 0.1) is 22.0 Å². The second-order valence-electron chi connectivity index (χ2n) is 5.15. The van der Waals surface area contributed by atoms with E-state index in [0.29, 0.717) is 22.9 Å². The number of hydrogen-bond acceptors (Lipinski definition) is 7. The molecule has 7 nitrogen and oxygen atoms in total. The molecule has 25 heavy (non-hydrogen) atoms. The van der Waals surface area contributed by atoms with Crippen molar-refractivity contribution in [2.45, 2.75) is 6.61 Å². The van der Waals surface area contributed by atoms with E-state index in [1.165, 1.54) is 6.33 Å². The number of halogens is 1. The van der Waals surface area contributed by atoms with Crippen molar-refractivity contribution in [2.24, 2.45) is 0 Å². The zero-order valence-corrected chi connectivity index (χ0v) is 13.9. The predicted molar refractivity (Wildman–Crippen MR) is 96.8 cm³/mol. The Hall–Kier alpha value is -3.19. The maximum atomic E-state index is 8.31. The SMILES string of the molecule is N=C(c1ccc(OCc2ccccn2)c(Cl)c1)c1c(N)ncnc1N. The standard InChI is InChI=1S/C17H15ClN6O/c18-12-7-10(15(19)14-16(20)23-9-24-17(14)21)4-5-13(12)25-8-11-3-1-2-6-22-11/h1-7,9,19H,8H2,(H4,20,21,23,24). The fourth-order valence-corrected chi connectivity index (χ4v) is 2.46. The third kappa shape index (κ3) is 3.67. The van der Waals surface area contributed by atoms with E-state index in [1.54, 1.807) is 24.4 Å². The van der Waals surface area contributed by atoms with Crippen LogP contribution in [-0.4, -0.2) is 20.7 Å². The van der Waals surface area contributed by atoms with Crippen molar-refractivity contribution in [3.8, 4) is 5.75 Å². The highest BCUT2D eigenvalue weighted by molar-refractivity contribution is 6.32. The Morgan fingerprint density at radius 1 is 1.08 bits per heavy atom. The van der Waals surface area contributed by atoms with Crippen molar-refractivity contribution >= 4 is 28.9 Å². The Morgan fingerprint density at radius 3 is 2.48 bits per heavy atom. The Bertz CT molecular complexity index is 896. The number of nitrogens with two attached hydrogens (primary N) is 2. The molecule has 0 fully saturated rings. The van der Waals surface area contributed by atoms with Gasteiger partial charge < -0.3 is 16.2 Å². The summed E-state index contributed by atoms with van der Waals surface area (Å²) in [7, 11) is 0. The van der Waals surface area contributed by atoms with Crippen molar-refractivity contribution in [3.05, 3.63) is 70.8 Å². The quantitative estimate of drug-likeness (QED) is 0.605. The fraction of sp³-hybridized carbons (Fsp3) is 0.0588. The van der Waals surface area contributed by atoms with Crippen LogP contribution in [0.2, 0.25) is 5.02 Å². The van der Waals surface area contributed by atoms with E-state index >= 15 is 0 Å².